The lowest BCUT2D eigenvalue weighted by molar-refractivity contribution is 0.0599. The first-order chi connectivity index (χ1) is 20.0. The summed E-state index contributed by atoms with van der Waals surface area (Å²) in [6.07, 6.45) is 4.87. The van der Waals surface area contributed by atoms with Crippen LogP contribution in [-0.2, 0) is 4.74 Å². The maximum atomic E-state index is 14.4. The summed E-state index contributed by atoms with van der Waals surface area (Å²) in [6.45, 7) is 0. The third-order valence-corrected chi connectivity index (χ3v) is 8.20. The molecule has 2 aliphatic rings. The minimum Gasteiger partial charge on any atom is -0.465 e. The zero-order chi connectivity index (χ0) is 28.2. The van der Waals surface area contributed by atoms with Crippen LogP contribution in [0.5, 0.6) is 0 Å². The first kappa shape index (κ1) is 25.0. The molecule has 1 saturated carbocycles. The summed E-state index contributed by atoms with van der Waals surface area (Å²) in [5.41, 5.74) is 0.150. The standard InChI is InChI=1S/C33H26N2O6/c1-40-33(39)25-24-26(32(38)35(31(24)37)20-13-6-3-7-14-20)28(34-19-11-4-2-5-12-19)30-27(25)29(36)23-21-15-9-8-10-18(21)16-17-22(23)41-30/h3,6-10,13-17,19,34H,2,4-5,11-12H2,1H3. The molecule has 8 nitrogen and oxygen atoms in total. The van der Waals surface area contributed by atoms with Gasteiger partial charge in [-0.1, -0.05) is 67.8 Å². The molecule has 4 aromatic carbocycles. The quantitative estimate of drug-likeness (QED) is 0.120. The second-order valence-electron chi connectivity index (χ2n) is 10.5. The van der Waals surface area contributed by atoms with E-state index in [1.54, 1.807) is 36.4 Å². The van der Waals surface area contributed by atoms with Crippen molar-refractivity contribution in [3.05, 3.63) is 93.6 Å². The van der Waals surface area contributed by atoms with Crippen LogP contribution in [0.4, 0.5) is 11.4 Å². The number of carbonyl (C=O) groups is 3. The largest absolute Gasteiger partial charge is 0.465 e. The van der Waals surface area contributed by atoms with Gasteiger partial charge in [0.15, 0.2) is 5.58 Å². The minimum absolute atomic E-state index is 0.00584. The van der Waals surface area contributed by atoms with E-state index in [1.807, 2.05) is 30.3 Å². The van der Waals surface area contributed by atoms with Gasteiger partial charge < -0.3 is 14.5 Å². The predicted octanol–water partition coefficient (Wildman–Crippen LogP) is 6.43. The number of esters is 1. The number of benzene rings is 4. The van der Waals surface area contributed by atoms with E-state index in [2.05, 4.69) is 5.32 Å². The molecule has 2 heterocycles. The van der Waals surface area contributed by atoms with Crippen LogP contribution in [-0.4, -0.2) is 30.9 Å². The molecule has 8 heteroatoms. The number of amides is 2. The Morgan fingerprint density at radius 2 is 1.56 bits per heavy atom. The van der Waals surface area contributed by atoms with Crippen molar-refractivity contribution in [2.45, 2.75) is 38.1 Å². The highest BCUT2D eigenvalue weighted by molar-refractivity contribution is 6.40. The topological polar surface area (TPSA) is 106 Å². The Bertz CT molecular complexity index is 1970. The molecule has 1 N–H and O–H groups in total. The van der Waals surface area contributed by atoms with Gasteiger partial charge in [-0.15, -0.1) is 0 Å². The molecule has 0 spiro atoms. The van der Waals surface area contributed by atoms with Crippen molar-refractivity contribution < 1.29 is 23.5 Å². The van der Waals surface area contributed by atoms with Gasteiger partial charge in [-0.3, -0.25) is 14.4 Å². The highest BCUT2D eigenvalue weighted by Crippen LogP contribution is 2.43. The highest BCUT2D eigenvalue weighted by atomic mass is 16.5. The summed E-state index contributed by atoms with van der Waals surface area (Å²) < 4.78 is 11.6. The normalized spacial score (nSPS) is 15.6. The summed E-state index contributed by atoms with van der Waals surface area (Å²) in [4.78, 5) is 57.1. The number of fused-ring (bicyclic) bond motifs is 5. The van der Waals surface area contributed by atoms with E-state index in [-0.39, 0.29) is 39.4 Å². The van der Waals surface area contributed by atoms with E-state index in [0.29, 0.717) is 22.0 Å². The van der Waals surface area contributed by atoms with E-state index in [9.17, 15) is 19.2 Å². The highest BCUT2D eigenvalue weighted by Gasteiger charge is 2.45. The fourth-order valence-electron chi connectivity index (χ4n) is 6.30. The Morgan fingerprint density at radius 3 is 2.32 bits per heavy atom. The lowest BCUT2D eigenvalue weighted by Crippen LogP contribution is -2.30. The van der Waals surface area contributed by atoms with Crippen molar-refractivity contribution in [3.63, 3.8) is 0 Å². The molecule has 0 bridgehead atoms. The molecule has 5 aromatic rings. The molecule has 204 valence electrons. The third-order valence-electron chi connectivity index (χ3n) is 8.20. The van der Waals surface area contributed by atoms with Crippen molar-refractivity contribution in [1.82, 2.24) is 0 Å². The first-order valence-corrected chi connectivity index (χ1v) is 13.8. The Labute approximate surface area is 234 Å². The Kier molecular flexibility index (Phi) is 5.85. The predicted molar refractivity (Wildman–Crippen MR) is 157 cm³/mol. The number of nitrogens with one attached hydrogen (secondary N) is 1. The Balaban J connectivity index is 1.63. The summed E-state index contributed by atoms with van der Waals surface area (Å²) in [6, 6.07) is 19.5. The van der Waals surface area contributed by atoms with Crippen molar-refractivity contribution >= 4 is 61.9 Å². The zero-order valence-electron chi connectivity index (χ0n) is 22.4. The van der Waals surface area contributed by atoms with E-state index in [1.165, 1.54) is 7.11 Å². The lowest BCUT2D eigenvalue weighted by Gasteiger charge is -2.25. The van der Waals surface area contributed by atoms with E-state index >= 15 is 0 Å². The molecule has 0 unspecified atom stereocenters. The number of hydrogen-bond donors (Lipinski definition) is 1. The van der Waals surface area contributed by atoms with Gasteiger partial charge in [0.2, 0.25) is 5.43 Å². The van der Waals surface area contributed by atoms with Gasteiger partial charge in [0.25, 0.3) is 11.8 Å². The summed E-state index contributed by atoms with van der Waals surface area (Å²) in [7, 11) is 1.18. The van der Waals surface area contributed by atoms with E-state index in [4.69, 9.17) is 9.15 Å². The number of nitrogens with zero attached hydrogens (tertiary/aromatic N) is 1. The monoisotopic (exact) mass is 546 g/mol. The number of ether oxygens (including phenoxy) is 1. The number of rotatable bonds is 4. The molecule has 1 fully saturated rings. The Hall–Kier alpha value is -4.98. The number of anilines is 2. The molecule has 41 heavy (non-hydrogen) atoms. The maximum Gasteiger partial charge on any atom is 0.339 e. The SMILES string of the molecule is COC(=O)c1c2c(c(NC3CCCCC3)c3oc4ccc5ccccc5c4c(=O)c13)C(=O)N(c1ccccc1)C2=O. The van der Waals surface area contributed by atoms with Gasteiger partial charge in [-0.25, -0.2) is 9.69 Å². The molecule has 0 radical (unpaired) electrons. The molecule has 0 saturated heterocycles. The third kappa shape index (κ3) is 3.74. The van der Waals surface area contributed by atoms with Gasteiger partial charge in [0, 0.05) is 6.04 Å². The number of hydrogen-bond acceptors (Lipinski definition) is 7. The zero-order valence-corrected chi connectivity index (χ0v) is 22.4. The molecular formula is C33H26N2O6. The number of methoxy groups -OCH3 is 1. The van der Waals surface area contributed by atoms with Gasteiger partial charge in [-0.2, -0.15) is 0 Å². The summed E-state index contributed by atoms with van der Waals surface area (Å²) in [5, 5.41) is 5.18. The molecule has 1 aromatic heterocycles. The number of para-hydroxylation sites is 1. The van der Waals surface area contributed by atoms with Crippen molar-refractivity contribution in [2.75, 3.05) is 17.3 Å². The fraction of sp³-hybridized carbons (Fsp3) is 0.212. The minimum atomic E-state index is -0.890. The number of carbonyl (C=O) groups excluding carboxylic acids is 3. The van der Waals surface area contributed by atoms with Crippen LogP contribution in [0.3, 0.4) is 0 Å². The lowest BCUT2D eigenvalue weighted by atomic mass is 9.92. The maximum absolute atomic E-state index is 14.4. The van der Waals surface area contributed by atoms with Crippen LogP contribution in [0.1, 0.15) is 63.2 Å². The summed E-state index contributed by atoms with van der Waals surface area (Å²) >= 11 is 0. The molecule has 0 atom stereocenters. The average molecular weight is 547 g/mol. The van der Waals surface area contributed by atoms with Crippen LogP contribution in [0, 0.1) is 0 Å². The van der Waals surface area contributed by atoms with E-state index < -0.39 is 23.2 Å². The number of imide groups is 1. The molecule has 7 rings (SSSR count). The van der Waals surface area contributed by atoms with Crippen LogP contribution in [0.2, 0.25) is 0 Å². The van der Waals surface area contributed by atoms with Crippen LogP contribution < -0.4 is 15.6 Å². The fourth-order valence-corrected chi connectivity index (χ4v) is 6.30. The van der Waals surface area contributed by atoms with Gasteiger partial charge >= 0.3 is 5.97 Å². The van der Waals surface area contributed by atoms with Gasteiger partial charge in [0.05, 0.1) is 45.9 Å². The van der Waals surface area contributed by atoms with Crippen LogP contribution in [0.25, 0.3) is 32.7 Å². The molecule has 1 aliphatic carbocycles. The van der Waals surface area contributed by atoms with Gasteiger partial charge in [-0.05, 0) is 41.8 Å². The summed E-state index contributed by atoms with van der Waals surface area (Å²) in [5.74, 6) is -2.18. The van der Waals surface area contributed by atoms with Crippen LogP contribution >= 0.6 is 0 Å². The molecule has 1 aliphatic heterocycles. The van der Waals surface area contributed by atoms with Crippen molar-refractivity contribution in [2.24, 2.45) is 0 Å². The molecule has 2 amide bonds. The second-order valence-corrected chi connectivity index (χ2v) is 10.5. The van der Waals surface area contributed by atoms with Crippen LogP contribution in [0.15, 0.2) is 75.9 Å². The average Bonchev–Trinajstić information content (AvgIpc) is 3.27. The Morgan fingerprint density at radius 1 is 0.854 bits per heavy atom. The van der Waals surface area contributed by atoms with E-state index in [0.717, 1.165) is 42.4 Å². The van der Waals surface area contributed by atoms with Crippen molar-refractivity contribution in [3.8, 4) is 0 Å². The molecular weight excluding hydrogens is 520 g/mol. The smallest absolute Gasteiger partial charge is 0.339 e. The van der Waals surface area contributed by atoms with Gasteiger partial charge in [0.1, 0.15) is 5.58 Å². The second kappa shape index (κ2) is 9.59. The first-order valence-electron chi connectivity index (χ1n) is 13.8. The van der Waals surface area contributed by atoms with Crippen molar-refractivity contribution in [1.29, 1.82) is 0 Å².